The van der Waals surface area contributed by atoms with Crippen molar-refractivity contribution in [3.8, 4) is 0 Å². The van der Waals surface area contributed by atoms with Gasteiger partial charge in [0, 0.05) is 6.42 Å². The summed E-state index contributed by atoms with van der Waals surface area (Å²) in [5, 5.41) is 10.1. The average Bonchev–Trinajstić information content (AvgIpc) is 2.79. The molecule has 0 aliphatic heterocycles. The van der Waals surface area contributed by atoms with E-state index >= 15 is 0 Å². The Labute approximate surface area is 201 Å². The highest BCUT2D eigenvalue weighted by molar-refractivity contribution is 5.69. The van der Waals surface area contributed by atoms with Crippen molar-refractivity contribution in [3.63, 3.8) is 0 Å². The smallest absolute Gasteiger partial charge is 0.305 e. The first-order valence-corrected chi connectivity index (χ1v) is 14.5. The van der Waals surface area contributed by atoms with Crippen LogP contribution in [-0.4, -0.2) is 23.8 Å². The van der Waals surface area contributed by atoms with Gasteiger partial charge in [0.2, 0.25) is 0 Å². The van der Waals surface area contributed by atoms with Crippen molar-refractivity contribution in [2.75, 3.05) is 6.61 Å². The van der Waals surface area contributed by atoms with Gasteiger partial charge in [-0.25, -0.2) is 0 Å². The van der Waals surface area contributed by atoms with Gasteiger partial charge in [-0.1, -0.05) is 136 Å². The molecule has 32 heavy (non-hydrogen) atoms. The summed E-state index contributed by atoms with van der Waals surface area (Å²) in [5.74, 6) is -0.0156. The number of ether oxygens (including phenoxy) is 1. The molecule has 0 aliphatic carbocycles. The average molecular weight is 455 g/mol. The number of rotatable bonds is 26. The molecule has 1 unspecified atom stereocenters. The van der Waals surface area contributed by atoms with Crippen LogP contribution in [0.4, 0.5) is 0 Å². The van der Waals surface area contributed by atoms with E-state index in [2.05, 4.69) is 13.8 Å². The Hall–Kier alpha value is -0.570. The van der Waals surface area contributed by atoms with Gasteiger partial charge in [0.05, 0.1) is 12.7 Å². The van der Waals surface area contributed by atoms with Gasteiger partial charge in [-0.2, -0.15) is 0 Å². The molecule has 0 saturated heterocycles. The zero-order valence-electron chi connectivity index (χ0n) is 22.0. The summed E-state index contributed by atoms with van der Waals surface area (Å²) in [6.07, 6.45) is 28.7. The molecule has 0 heterocycles. The first-order chi connectivity index (χ1) is 15.7. The van der Waals surface area contributed by atoms with Crippen LogP contribution in [0.1, 0.15) is 168 Å². The van der Waals surface area contributed by atoms with Crippen LogP contribution in [0.15, 0.2) is 0 Å². The molecule has 0 aromatic rings. The maximum atomic E-state index is 11.7. The number of esters is 1. The van der Waals surface area contributed by atoms with Crippen molar-refractivity contribution in [2.24, 2.45) is 0 Å². The lowest BCUT2D eigenvalue weighted by Gasteiger charge is -2.10. The number of unbranched alkanes of at least 4 members (excludes halogenated alkanes) is 18. The monoisotopic (exact) mass is 454 g/mol. The number of aliphatic hydroxyl groups is 1. The second-order valence-electron chi connectivity index (χ2n) is 9.92. The predicted molar refractivity (Wildman–Crippen MR) is 139 cm³/mol. The highest BCUT2D eigenvalue weighted by atomic mass is 16.5. The molecule has 3 nitrogen and oxygen atoms in total. The minimum Gasteiger partial charge on any atom is -0.466 e. The van der Waals surface area contributed by atoms with Crippen LogP contribution in [0.3, 0.4) is 0 Å². The van der Waals surface area contributed by atoms with E-state index in [0.717, 1.165) is 44.9 Å². The lowest BCUT2D eigenvalue weighted by atomic mass is 10.0. The van der Waals surface area contributed by atoms with Crippen LogP contribution in [0.5, 0.6) is 0 Å². The minimum absolute atomic E-state index is 0.0156. The van der Waals surface area contributed by atoms with Crippen molar-refractivity contribution in [3.05, 3.63) is 0 Å². The summed E-state index contributed by atoms with van der Waals surface area (Å²) < 4.78 is 5.35. The zero-order chi connectivity index (χ0) is 23.5. The first kappa shape index (κ1) is 31.4. The largest absolute Gasteiger partial charge is 0.466 e. The normalized spacial score (nSPS) is 12.2. The van der Waals surface area contributed by atoms with Crippen molar-refractivity contribution < 1.29 is 14.6 Å². The van der Waals surface area contributed by atoms with Crippen LogP contribution in [0.2, 0.25) is 0 Å². The van der Waals surface area contributed by atoms with Crippen LogP contribution in [-0.2, 0) is 9.53 Å². The van der Waals surface area contributed by atoms with E-state index in [-0.39, 0.29) is 12.1 Å². The third kappa shape index (κ3) is 25.7. The quantitative estimate of drug-likeness (QED) is 0.105. The Morgan fingerprint density at radius 1 is 0.562 bits per heavy atom. The van der Waals surface area contributed by atoms with Gasteiger partial charge in [0.15, 0.2) is 0 Å². The third-order valence-electron chi connectivity index (χ3n) is 6.57. The molecule has 0 rings (SSSR count). The molecule has 0 aliphatic rings. The molecule has 3 heteroatoms. The van der Waals surface area contributed by atoms with E-state index in [9.17, 15) is 9.90 Å². The molecule has 0 aromatic carbocycles. The van der Waals surface area contributed by atoms with Crippen LogP contribution < -0.4 is 0 Å². The maximum absolute atomic E-state index is 11.7. The van der Waals surface area contributed by atoms with E-state index in [4.69, 9.17) is 4.74 Å². The Morgan fingerprint density at radius 2 is 0.938 bits per heavy atom. The molecule has 0 bridgehead atoms. The van der Waals surface area contributed by atoms with Gasteiger partial charge in [0.25, 0.3) is 0 Å². The summed E-state index contributed by atoms with van der Waals surface area (Å²) in [5.41, 5.74) is 0. The number of hydrogen-bond acceptors (Lipinski definition) is 3. The predicted octanol–water partition coefficient (Wildman–Crippen LogP) is 9.29. The third-order valence-corrected chi connectivity index (χ3v) is 6.57. The summed E-state index contributed by atoms with van der Waals surface area (Å²) in [4.78, 5) is 11.7. The van der Waals surface area contributed by atoms with Gasteiger partial charge in [-0.15, -0.1) is 0 Å². The Balaban J connectivity index is 3.24. The summed E-state index contributed by atoms with van der Waals surface area (Å²) in [7, 11) is 0. The topological polar surface area (TPSA) is 46.5 Å². The first-order valence-electron chi connectivity index (χ1n) is 14.5. The van der Waals surface area contributed by atoms with Crippen LogP contribution >= 0.6 is 0 Å². The summed E-state index contributed by atoms with van der Waals surface area (Å²) >= 11 is 0. The van der Waals surface area contributed by atoms with E-state index in [1.807, 2.05) is 0 Å². The fourth-order valence-electron chi connectivity index (χ4n) is 4.33. The molecule has 1 atom stereocenters. The lowest BCUT2D eigenvalue weighted by Crippen LogP contribution is -2.06. The van der Waals surface area contributed by atoms with Crippen molar-refractivity contribution in [2.45, 2.75) is 174 Å². The standard InChI is InChI=1S/C29H58O3/c1-3-5-7-9-11-12-14-16-20-24-28(30)25-21-17-15-19-23-27-32-29(31)26-22-18-13-10-8-6-4-2/h28,30H,3-27H2,1-2H3. The molecule has 0 amide bonds. The van der Waals surface area contributed by atoms with E-state index in [1.54, 1.807) is 0 Å². The van der Waals surface area contributed by atoms with Crippen molar-refractivity contribution in [1.82, 2.24) is 0 Å². The van der Waals surface area contributed by atoms with E-state index in [0.29, 0.717) is 13.0 Å². The van der Waals surface area contributed by atoms with Gasteiger partial charge in [0.1, 0.15) is 0 Å². The maximum Gasteiger partial charge on any atom is 0.305 e. The van der Waals surface area contributed by atoms with Crippen LogP contribution in [0.25, 0.3) is 0 Å². The van der Waals surface area contributed by atoms with Crippen molar-refractivity contribution in [1.29, 1.82) is 0 Å². The van der Waals surface area contributed by atoms with Gasteiger partial charge < -0.3 is 9.84 Å². The summed E-state index contributed by atoms with van der Waals surface area (Å²) in [6, 6.07) is 0. The summed E-state index contributed by atoms with van der Waals surface area (Å²) in [6.45, 7) is 5.08. The van der Waals surface area contributed by atoms with Gasteiger partial charge in [-0.05, 0) is 25.7 Å². The molecule has 1 N–H and O–H groups in total. The van der Waals surface area contributed by atoms with E-state index < -0.39 is 0 Å². The SMILES string of the molecule is CCCCCCCCCCCC(O)CCCCCCCOC(=O)CCCCCCCCC. The number of aliphatic hydroxyl groups excluding tert-OH is 1. The fraction of sp³-hybridized carbons (Fsp3) is 0.966. The molecule has 192 valence electrons. The molecule has 0 saturated carbocycles. The van der Waals surface area contributed by atoms with E-state index in [1.165, 1.54) is 103 Å². The molecule has 0 fully saturated rings. The Kier molecular flexibility index (Phi) is 26.2. The Bertz CT molecular complexity index is 369. The molecular weight excluding hydrogens is 396 g/mol. The fourth-order valence-corrected chi connectivity index (χ4v) is 4.33. The number of carbonyl (C=O) groups is 1. The molecular formula is C29H58O3. The highest BCUT2D eigenvalue weighted by Gasteiger charge is 2.05. The number of carbonyl (C=O) groups excluding carboxylic acids is 1. The van der Waals surface area contributed by atoms with Gasteiger partial charge >= 0.3 is 5.97 Å². The molecule has 0 radical (unpaired) electrons. The zero-order valence-corrected chi connectivity index (χ0v) is 22.0. The minimum atomic E-state index is -0.104. The number of hydrogen-bond donors (Lipinski definition) is 1. The van der Waals surface area contributed by atoms with Crippen LogP contribution in [0, 0.1) is 0 Å². The second kappa shape index (κ2) is 26.7. The van der Waals surface area contributed by atoms with Gasteiger partial charge in [-0.3, -0.25) is 4.79 Å². The van der Waals surface area contributed by atoms with Crippen molar-refractivity contribution >= 4 is 5.97 Å². The molecule has 0 aromatic heterocycles. The Morgan fingerprint density at radius 3 is 1.41 bits per heavy atom. The highest BCUT2D eigenvalue weighted by Crippen LogP contribution is 2.15. The molecule has 0 spiro atoms. The second-order valence-corrected chi connectivity index (χ2v) is 9.92. The lowest BCUT2D eigenvalue weighted by molar-refractivity contribution is -0.143.